The number of carbonyl (C=O) groups is 2. The lowest BCUT2D eigenvalue weighted by molar-refractivity contribution is -0.143. The molecule has 0 bridgehead atoms. The van der Waals surface area contributed by atoms with Gasteiger partial charge in [-0.3, -0.25) is 14.5 Å². The maximum atomic E-state index is 11.7. The number of rotatable bonds is 9. The highest BCUT2D eigenvalue weighted by molar-refractivity contribution is 5.78. The monoisotopic (exact) mass is 292 g/mol. The Labute approximate surface area is 126 Å². The van der Waals surface area contributed by atoms with Gasteiger partial charge in [-0.15, -0.1) is 0 Å². The zero-order chi connectivity index (χ0) is 15.5. The van der Waals surface area contributed by atoms with Gasteiger partial charge in [0.15, 0.2) is 0 Å². The fraction of sp³-hybridized carbons (Fsp3) is 0.500. The van der Waals surface area contributed by atoms with Crippen LogP contribution in [-0.2, 0) is 20.7 Å². The van der Waals surface area contributed by atoms with Gasteiger partial charge >= 0.3 is 5.97 Å². The predicted molar refractivity (Wildman–Crippen MR) is 81.9 cm³/mol. The average Bonchev–Trinajstić information content (AvgIpc) is 2.46. The Morgan fingerprint density at radius 1 is 1.24 bits per heavy atom. The van der Waals surface area contributed by atoms with Crippen LogP contribution in [0.5, 0.6) is 0 Å². The number of ether oxygens (including phenoxy) is 1. The number of carbonyl (C=O) groups excluding carboxylic acids is 2. The van der Waals surface area contributed by atoms with Crippen molar-refractivity contribution in [2.24, 2.45) is 0 Å². The van der Waals surface area contributed by atoms with Crippen LogP contribution in [0.1, 0.15) is 18.9 Å². The Morgan fingerprint density at radius 2 is 1.95 bits per heavy atom. The highest BCUT2D eigenvalue weighted by Crippen LogP contribution is 1.98. The summed E-state index contributed by atoms with van der Waals surface area (Å²) in [4.78, 5) is 24.8. The third-order valence-corrected chi connectivity index (χ3v) is 3.00. The van der Waals surface area contributed by atoms with Gasteiger partial charge in [0.2, 0.25) is 5.91 Å². The second kappa shape index (κ2) is 9.94. The number of hydrogen-bond donors (Lipinski definition) is 1. The molecule has 0 spiro atoms. The van der Waals surface area contributed by atoms with Gasteiger partial charge in [-0.2, -0.15) is 0 Å². The third-order valence-electron chi connectivity index (χ3n) is 3.00. The molecule has 1 amide bonds. The number of benzene rings is 1. The molecule has 1 rings (SSSR count). The standard InChI is InChI=1S/C16H24N2O3/c1-3-21-16(20)10-12-18(2)13-15(19)17-11-9-14-7-5-4-6-8-14/h4-8H,3,9-13H2,1-2H3,(H,17,19). The fourth-order valence-corrected chi connectivity index (χ4v) is 1.89. The Kier molecular flexibility index (Phi) is 8.12. The summed E-state index contributed by atoms with van der Waals surface area (Å²) >= 11 is 0. The molecule has 0 saturated heterocycles. The minimum atomic E-state index is -0.228. The summed E-state index contributed by atoms with van der Waals surface area (Å²) in [5.41, 5.74) is 1.20. The van der Waals surface area contributed by atoms with Crippen LogP contribution >= 0.6 is 0 Å². The van der Waals surface area contributed by atoms with Crippen molar-refractivity contribution in [3.63, 3.8) is 0 Å². The number of nitrogens with zero attached hydrogens (tertiary/aromatic N) is 1. The van der Waals surface area contributed by atoms with Crippen LogP contribution in [0, 0.1) is 0 Å². The van der Waals surface area contributed by atoms with Gasteiger partial charge < -0.3 is 10.1 Å². The first-order valence-corrected chi connectivity index (χ1v) is 7.26. The second-order valence-electron chi connectivity index (χ2n) is 4.88. The SMILES string of the molecule is CCOC(=O)CCN(C)CC(=O)NCCc1ccccc1. The summed E-state index contributed by atoms with van der Waals surface area (Å²) in [7, 11) is 1.82. The van der Waals surface area contributed by atoms with Crippen molar-refractivity contribution in [1.82, 2.24) is 10.2 Å². The minimum absolute atomic E-state index is 0.0303. The van der Waals surface area contributed by atoms with Gasteiger partial charge in [0, 0.05) is 13.1 Å². The molecule has 0 atom stereocenters. The molecule has 1 aromatic rings. The largest absolute Gasteiger partial charge is 0.466 e. The first kappa shape index (κ1) is 17.2. The summed E-state index contributed by atoms with van der Waals surface area (Å²) in [5.74, 6) is -0.258. The molecule has 0 aliphatic heterocycles. The van der Waals surface area contributed by atoms with E-state index in [4.69, 9.17) is 4.74 Å². The molecule has 0 aliphatic carbocycles. The second-order valence-corrected chi connectivity index (χ2v) is 4.88. The number of amides is 1. The Bertz CT molecular complexity index is 434. The molecule has 0 aromatic heterocycles. The molecular formula is C16H24N2O3. The smallest absolute Gasteiger partial charge is 0.307 e. The molecule has 5 heteroatoms. The fourth-order valence-electron chi connectivity index (χ4n) is 1.89. The number of nitrogens with one attached hydrogen (secondary N) is 1. The van der Waals surface area contributed by atoms with Gasteiger partial charge in [0.25, 0.3) is 0 Å². The van der Waals surface area contributed by atoms with Crippen molar-refractivity contribution in [1.29, 1.82) is 0 Å². The van der Waals surface area contributed by atoms with Crippen molar-refractivity contribution in [3.05, 3.63) is 35.9 Å². The normalized spacial score (nSPS) is 10.4. The quantitative estimate of drug-likeness (QED) is 0.696. The molecular weight excluding hydrogens is 268 g/mol. The van der Waals surface area contributed by atoms with Crippen LogP contribution in [0.25, 0.3) is 0 Å². The first-order valence-electron chi connectivity index (χ1n) is 7.26. The molecule has 1 aromatic carbocycles. The van der Waals surface area contributed by atoms with E-state index in [0.29, 0.717) is 26.1 Å². The van der Waals surface area contributed by atoms with Gasteiger partial charge in [0.1, 0.15) is 0 Å². The molecule has 0 radical (unpaired) electrons. The first-order chi connectivity index (χ1) is 10.1. The molecule has 0 saturated carbocycles. The van der Waals surface area contributed by atoms with Crippen molar-refractivity contribution in [3.8, 4) is 0 Å². The van der Waals surface area contributed by atoms with Crippen molar-refractivity contribution >= 4 is 11.9 Å². The maximum Gasteiger partial charge on any atom is 0.307 e. The van der Waals surface area contributed by atoms with Gasteiger partial charge in [0.05, 0.1) is 19.6 Å². The van der Waals surface area contributed by atoms with Crippen LogP contribution in [-0.4, -0.2) is 50.1 Å². The Morgan fingerprint density at radius 3 is 2.62 bits per heavy atom. The summed E-state index contributed by atoms with van der Waals surface area (Å²) in [6.07, 6.45) is 1.13. The summed E-state index contributed by atoms with van der Waals surface area (Å²) in [6.45, 7) is 3.60. The Balaban J connectivity index is 2.13. The molecule has 0 fully saturated rings. The molecule has 0 unspecified atom stereocenters. The van der Waals surface area contributed by atoms with E-state index in [1.54, 1.807) is 6.92 Å². The summed E-state index contributed by atoms with van der Waals surface area (Å²) < 4.78 is 4.84. The number of esters is 1. The summed E-state index contributed by atoms with van der Waals surface area (Å²) in [6, 6.07) is 10.0. The topological polar surface area (TPSA) is 58.6 Å². The van der Waals surface area contributed by atoms with E-state index < -0.39 is 0 Å². The van der Waals surface area contributed by atoms with Crippen LogP contribution in [0.4, 0.5) is 0 Å². The van der Waals surface area contributed by atoms with E-state index in [2.05, 4.69) is 5.32 Å². The van der Waals surface area contributed by atoms with Crippen LogP contribution < -0.4 is 5.32 Å². The van der Waals surface area contributed by atoms with E-state index in [9.17, 15) is 9.59 Å². The molecule has 21 heavy (non-hydrogen) atoms. The van der Waals surface area contributed by atoms with Crippen molar-refractivity contribution < 1.29 is 14.3 Å². The molecule has 5 nitrogen and oxygen atoms in total. The van der Waals surface area contributed by atoms with Crippen LogP contribution in [0.15, 0.2) is 30.3 Å². The highest BCUT2D eigenvalue weighted by Gasteiger charge is 2.08. The highest BCUT2D eigenvalue weighted by atomic mass is 16.5. The lowest BCUT2D eigenvalue weighted by Gasteiger charge is -2.15. The van der Waals surface area contributed by atoms with Gasteiger partial charge in [-0.1, -0.05) is 30.3 Å². The van der Waals surface area contributed by atoms with E-state index >= 15 is 0 Å². The van der Waals surface area contributed by atoms with E-state index in [-0.39, 0.29) is 18.4 Å². The molecule has 0 heterocycles. The van der Waals surface area contributed by atoms with Crippen LogP contribution in [0.2, 0.25) is 0 Å². The molecule has 116 valence electrons. The number of likely N-dealkylation sites (N-methyl/N-ethyl adjacent to an activating group) is 1. The lowest BCUT2D eigenvalue weighted by atomic mass is 10.1. The van der Waals surface area contributed by atoms with E-state index in [1.807, 2.05) is 42.3 Å². The minimum Gasteiger partial charge on any atom is -0.466 e. The van der Waals surface area contributed by atoms with Crippen molar-refractivity contribution in [2.45, 2.75) is 19.8 Å². The zero-order valence-corrected chi connectivity index (χ0v) is 12.8. The van der Waals surface area contributed by atoms with Gasteiger partial charge in [-0.25, -0.2) is 0 Å². The molecule has 0 aliphatic rings. The number of hydrogen-bond acceptors (Lipinski definition) is 4. The van der Waals surface area contributed by atoms with E-state index in [1.165, 1.54) is 5.56 Å². The van der Waals surface area contributed by atoms with Gasteiger partial charge in [-0.05, 0) is 26.0 Å². The maximum absolute atomic E-state index is 11.7. The van der Waals surface area contributed by atoms with E-state index in [0.717, 1.165) is 6.42 Å². The van der Waals surface area contributed by atoms with Crippen LogP contribution in [0.3, 0.4) is 0 Å². The average molecular weight is 292 g/mol. The Hall–Kier alpha value is -1.88. The summed E-state index contributed by atoms with van der Waals surface area (Å²) in [5, 5.41) is 2.88. The molecule has 1 N–H and O–H groups in total. The third kappa shape index (κ3) is 8.09. The predicted octanol–water partition coefficient (Wildman–Crippen LogP) is 1.23. The van der Waals surface area contributed by atoms with Crippen molar-refractivity contribution in [2.75, 3.05) is 33.3 Å². The lowest BCUT2D eigenvalue weighted by Crippen LogP contribution is -2.37. The zero-order valence-electron chi connectivity index (χ0n) is 12.8.